The van der Waals surface area contributed by atoms with Gasteiger partial charge in [-0.05, 0) is 24.1 Å². The molecule has 0 fully saturated rings. The van der Waals surface area contributed by atoms with E-state index in [1.807, 2.05) is 0 Å². The summed E-state index contributed by atoms with van der Waals surface area (Å²) in [6.07, 6.45) is 0.412. The van der Waals surface area contributed by atoms with Gasteiger partial charge in [0.15, 0.2) is 0 Å². The molecule has 1 atom stereocenters. The van der Waals surface area contributed by atoms with Gasteiger partial charge in [-0.15, -0.1) is 0 Å². The summed E-state index contributed by atoms with van der Waals surface area (Å²) in [6, 6.07) is 3.30. The van der Waals surface area contributed by atoms with Gasteiger partial charge in [-0.25, -0.2) is 0 Å². The summed E-state index contributed by atoms with van der Waals surface area (Å²) in [7, 11) is 0. The predicted molar refractivity (Wildman–Crippen MR) is 56.2 cm³/mol. The second-order valence-electron chi connectivity index (χ2n) is 3.53. The summed E-state index contributed by atoms with van der Waals surface area (Å²) in [4.78, 5) is 10.8. The highest BCUT2D eigenvalue weighted by atomic mass is 35.5. The number of anilines is 1. The monoisotopic (exact) mass is 227 g/mol. The minimum atomic E-state index is -0.862. The highest BCUT2D eigenvalue weighted by Crippen LogP contribution is 2.35. The Morgan fingerprint density at radius 3 is 3.00 bits per heavy atom. The molecule has 1 aliphatic heterocycles. The zero-order chi connectivity index (χ0) is 11.0. The molecular formula is C10H10ClNO3. The molecular weight excluding hydrogens is 218 g/mol. The fourth-order valence-corrected chi connectivity index (χ4v) is 1.92. The van der Waals surface area contributed by atoms with Gasteiger partial charge < -0.3 is 15.6 Å². The molecule has 2 rings (SSSR count). The Hall–Kier alpha value is -1.42. The molecule has 0 saturated heterocycles. The lowest BCUT2D eigenvalue weighted by molar-refractivity contribution is -0.143. The van der Waals surface area contributed by atoms with Gasteiger partial charge in [0, 0.05) is 5.02 Å². The molecule has 0 aliphatic carbocycles. The van der Waals surface area contributed by atoms with Crippen molar-refractivity contribution in [3.05, 3.63) is 22.7 Å². The number of aliphatic carboxylic acids is 1. The van der Waals surface area contributed by atoms with Gasteiger partial charge >= 0.3 is 5.97 Å². The Morgan fingerprint density at radius 2 is 2.33 bits per heavy atom. The molecule has 80 valence electrons. The van der Waals surface area contributed by atoms with Crippen LogP contribution in [0.15, 0.2) is 12.1 Å². The van der Waals surface area contributed by atoms with Crippen LogP contribution in [0.5, 0.6) is 5.75 Å². The zero-order valence-corrected chi connectivity index (χ0v) is 8.62. The van der Waals surface area contributed by atoms with E-state index in [1.54, 1.807) is 12.1 Å². The van der Waals surface area contributed by atoms with Crippen LogP contribution in [0.25, 0.3) is 0 Å². The minimum Gasteiger partial charge on any atom is -0.490 e. The van der Waals surface area contributed by atoms with Crippen molar-refractivity contribution in [3.8, 4) is 5.75 Å². The highest BCUT2D eigenvalue weighted by Gasteiger charge is 2.27. The van der Waals surface area contributed by atoms with Gasteiger partial charge in [-0.2, -0.15) is 0 Å². The Morgan fingerprint density at radius 1 is 1.60 bits per heavy atom. The van der Waals surface area contributed by atoms with E-state index in [0.717, 1.165) is 5.56 Å². The third-order valence-corrected chi connectivity index (χ3v) is 2.62. The van der Waals surface area contributed by atoms with Crippen molar-refractivity contribution in [2.45, 2.75) is 6.42 Å². The highest BCUT2D eigenvalue weighted by molar-refractivity contribution is 6.31. The quantitative estimate of drug-likeness (QED) is 0.714. The Labute approximate surface area is 91.6 Å². The number of ether oxygens (including phenoxy) is 1. The number of hydrogen-bond acceptors (Lipinski definition) is 3. The topological polar surface area (TPSA) is 72.5 Å². The molecule has 1 aliphatic rings. The molecule has 1 aromatic rings. The summed E-state index contributed by atoms with van der Waals surface area (Å²) in [6.45, 7) is 0.161. The lowest BCUT2D eigenvalue weighted by Gasteiger charge is -2.23. The number of halogens is 1. The first-order valence-corrected chi connectivity index (χ1v) is 4.89. The lowest BCUT2D eigenvalue weighted by atomic mass is 9.96. The number of hydrogen-bond donors (Lipinski definition) is 2. The lowest BCUT2D eigenvalue weighted by Crippen LogP contribution is -2.28. The van der Waals surface area contributed by atoms with Crippen LogP contribution in [0, 0.1) is 5.92 Å². The van der Waals surface area contributed by atoms with Crippen molar-refractivity contribution in [1.82, 2.24) is 0 Å². The van der Waals surface area contributed by atoms with Gasteiger partial charge in [0.25, 0.3) is 0 Å². The van der Waals surface area contributed by atoms with Crippen molar-refractivity contribution in [2.24, 2.45) is 5.92 Å². The van der Waals surface area contributed by atoms with Crippen LogP contribution < -0.4 is 10.5 Å². The van der Waals surface area contributed by atoms with Crippen LogP contribution in [0.4, 0.5) is 5.69 Å². The Kier molecular flexibility index (Phi) is 2.44. The number of nitrogen functional groups attached to an aromatic ring is 1. The number of carboxylic acids is 1. The molecule has 0 bridgehead atoms. The third-order valence-electron chi connectivity index (χ3n) is 2.40. The van der Waals surface area contributed by atoms with Gasteiger partial charge in [-0.3, -0.25) is 4.79 Å². The molecule has 0 amide bonds. The number of fused-ring (bicyclic) bond motifs is 1. The minimum absolute atomic E-state index is 0.161. The van der Waals surface area contributed by atoms with Crippen LogP contribution >= 0.6 is 11.6 Å². The molecule has 0 spiro atoms. The first-order chi connectivity index (χ1) is 7.08. The van der Waals surface area contributed by atoms with E-state index >= 15 is 0 Å². The second kappa shape index (κ2) is 3.62. The molecule has 15 heavy (non-hydrogen) atoms. The average Bonchev–Trinajstić information content (AvgIpc) is 2.16. The van der Waals surface area contributed by atoms with E-state index in [4.69, 9.17) is 27.2 Å². The van der Waals surface area contributed by atoms with Crippen molar-refractivity contribution in [2.75, 3.05) is 12.3 Å². The van der Waals surface area contributed by atoms with E-state index in [9.17, 15) is 4.79 Å². The summed E-state index contributed by atoms with van der Waals surface area (Å²) in [5.74, 6) is -0.813. The summed E-state index contributed by atoms with van der Waals surface area (Å²) >= 11 is 5.83. The van der Waals surface area contributed by atoms with Gasteiger partial charge in [-0.1, -0.05) is 11.6 Å². The second-order valence-corrected chi connectivity index (χ2v) is 3.97. The van der Waals surface area contributed by atoms with Crippen molar-refractivity contribution < 1.29 is 14.6 Å². The standard InChI is InChI=1S/C10H10ClNO3/c11-7-2-5-1-6(10(13)14)4-15-9(5)8(12)3-7/h2-3,6H,1,4,12H2,(H,13,14)/t6-/m1/s1. The van der Waals surface area contributed by atoms with Crippen molar-refractivity contribution in [3.63, 3.8) is 0 Å². The number of nitrogens with two attached hydrogens (primary N) is 1. The van der Waals surface area contributed by atoms with Crippen molar-refractivity contribution >= 4 is 23.3 Å². The van der Waals surface area contributed by atoms with Crippen LogP contribution in [-0.4, -0.2) is 17.7 Å². The molecule has 0 saturated carbocycles. The smallest absolute Gasteiger partial charge is 0.310 e. The predicted octanol–water partition coefficient (Wildman–Crippen LogP) is 1.56. The maximum absolute atomic E-state index is 10.8. The molecule has 5 heteroatoms. The average molecular weight is 228 g/mol. The first kappa shape index (κ1) is 10.1. The Bertz CT molecular complexity index is 419. The number of carbonyl (C=O) groups is 1. The fourth-order valence-electron chi connectivity index (χ4n) is 1.67. The normalized spacial score (nSPS) is 19.1. The number of carboxylic acid groups (broad SMARTS) is 1. The fraction of sp³-hybridized carbons (Fsp3) is 0.300. The molecule has 3 N–H and O–H groups in total. The summed E-state index contributed by atoms with van der Waals surface area (Å²) in [5, 5.41) is 9.36. The van der Waals surface area contributed by atoms with Crippen LogP contribution in [0.2, 0.25) is 5.02 Å². The third kappa shape index (κ3) is 1.85. The molecule has 0 unspecified atom stereocenters. The maximum atomic E-state index is 10.8. The first-order valence-electron chi connectivity index (χ1n) is 4.51. The van der Waals surface area contributed by atoms with Crippen LogP contribution in [0.3, 0.4) is 0 Å². The van der Waals surface area contributed by atoms with Crippen molar-refractivity contribution in [1.29, 1.82) is 0 Å². The SMILES string of the molecule is Nc1cc(Cl)cc2c1OC[C@H](C(=O)O)C2. The molecule has 4 nitrogen and oxygen atoms in total. The molecule has 1 heterocycles. The van der Waals surface area contributed by atoms with Crippen LogP contribution in [-0.2, 0) is 11.2 Å². The molecule has 0 radical (unpaired) electrons. The number of rotatable bonds is 1. The molecule has 1 aromatic carbocycles. The van der Waals surface area contributed by atoms with E-state index in [0.29, 0.717) is 22.9 Å². The van der Waals surface area contributed by atoms with E-state index < -0.39 is 11.9 Å². The van der Waals surface area contributed by atoms with Gasteiger partial charge in [0.1, 0.15) is 12.4 Å². The number of benzene rings is 1. The summed E-state index contributed by atoms with van der Waals surface area (Å²) in [5.41, 5.74) is 6.93. The maximum Gasteiger partial charge on any atom is 0.310 e. The summed E-state index contributed by atoms with van der Waals surface area (Å²) < 4.78 is 5.32. The van der Waals surface area contributed by atoms with Gasteiger partial charge in [0.2, 0.25) is 0 Å². The van der Waals surface area contributed by atoms with E-state index in [2.05, 4.69) is 0 Å². The largest absolute Gasteiger partial charge is 0.490 e. The Balaban J connectivity index is 2.37. The van der Waals surface area contributed by atoms with Crippen LogP contribution in [0.1, 0.15) is 5.56 Å². The molecule has 0 aromatic heterocycles. The van der Waals surface area contributed by atoms with Gasteiger partial charge in [0.05, 0.1) is 11.6 Å². The van der Waals surface area contributed by atoms with E-state index in [-0.39, 0.29) is 6.61 Å². The zero-order valence-electron chi connectivity index (χ0n) is 7.87. The van der Waals surface area contributed by atoms with E-state index in [1.165, 1.54) is 0 Å².